The van der Waals surface area contributed by atoms with Gasteiger partial charge in [-0.3, -0.25) is 4.68 Å². The fourth-order valence-electron chi connectivity index (χ4n) is 0.700. The zero-order valence-electron chi connectivity index (χ0n) is 5.64. The van der Waals surface area contributed by atoms with E-state index in [1.807, 2.05) is 6.92 Å². The smallest absolute Gasteiger partial charge is 0.130 e. The molecule has 10 heavy (non-hydrogen) atoms. The van der Waals surface area contributed by atoms with Gasteiger partial charge in [-0.05, 0) is 6.92 Å². The molecule has 1 aromatic heterocycles. The van der Waals surface area contributed by atoms with Gasteiger partial charge in [0.2, 0.25) is 0 Å². The monoisotopic (exact) mass is 162 g/mol. The Morgan fingerprint density at radius 1 is 1.80 bits per heavy atom. The van der Waals surface area contributed by atoms with Crippen LogP contribution in [0.4, 0.5) is 4.39 Å². The molecule has 0 aliphatic rings. The first-order chi connectivity index (χ1) is 4.75. The Kier molecular flexibility index (Phi) is 2.27. The lowest BCUT2D eigenvalue weighted by atomic mass is 10.4. The number of nitrogens with zero attached hydrogens (tertiary/aromatic N) is 2. The van der Waals surface area contributed by atoms with Crippen molar-refractivity contribution in [2.75, 3.05) is 6.67 Å². The molecule has 0 aliphatic carbocycles. The molecular formula is C6H8ClFN2. The van der Waals surface area contributed by atoms with Crippen molar-refractivity contribution in [1.29, 1.82) is 0 Å². The van der Waals surface area contributed by atoms with E-state index in [-0.39, 0.29) is 6.54 Å². The molecule has 0 spiro atoms. The normalized spacial score (nSPS) is 10.3. The van der Waals surface area contributed by atoms with Crippen LogP contribution < -0.4 is 0 Å². The second-order valence-electron chi connectivity index (χ2n) is 2.03. The summed E-state index contributed by atoms with van der Waals surface area (Å²) in [5.74, 6) is 0. The summed E-state index contributed by atoms with van der Waals surface area (Å²) in [5, 5.41) is 4.38. The standard InChI is InChI=1S/C6H8ClFN2/c1-5-4-9-10(3-2-8)6(5)7/h4H,2-3H2,1H3. The van der Waals surface area contributed by atoms with Crippen molar-refractivity contribution < 1.29 is 4.39 Å². The van der Waals surface area contributed by atoms with E-state index in [0.717, 1.165) is 5.56 Å². The quantitative estimate of drug-likeness (QED) is 0.649. The molecule has 0 atom stereocenters. The largest absolute Gasteiger partial charge is 0.251 e. The van der Waals surface area contributed by atoms with Crippen molar-refractivity contribution >= 4 is 11.6 Å². The van der Waals surface area contributed by atoms with E-state index >= 15 is 0 Å². The average molecular weight is 163 g/mol. The summed E-state index contributed by atoms with van der Waals surface area (Å²) in [6.45, 7) is 1.65. The summed E-state index contributed by atoms with van der Waals surface area (Å²) in [6, 6.07) is 0. The number of halogens is 2. The molecule has 0 fully saturated rings. The first-order valence-electron chi connectivity index (χ1n) is 2.99. The minimum absolute atomic E-state index is 0.243. The molecule has 0 aromatic carbocycles. The Morgan fingerprint density at radius 3 is 2.90 bits per heavy atom. The summed E-state index contributed by atoms with van der Waals surface area (Å²) in [4.78, 5) is 0. The maximum atomic E-state index is 11.7. The van der Waals surface area contributed by atoms with E-state index in [1.54, 1.807) is 6.20 Å². The molecule has 0 radical (unpaired) electrons. The van der Waals surface area contributed by atoms with Crippen molar-refractivity contribution in [2.45, 2.75) is 13.5 Å². The van der Waals surface area contributed by atoms with Gasteiger partial charge in [0, 0.05) is 5.56 Å². The lowest BCUT2D eigenvalue weighted by Crippen LogP contribution is -2.00. The van der Waals surface area contributed by atoms with E-state index in [1.165, 1.54) is 4.68 Å². The Balaban J connectivity index is 2.83. The maximum absolute atomic E-state index is 11.7. The highest BCUT2D eigenvalue weighted by Crippen LogP contribution is 2.12. The van der Waals surface area contributed by atoms with Crippen LogP contribution in [0.15, 0.2) is 6.20 Å². The molecule has 1 heterocycles. The van der Waals surface area contributed by atoms with Crippen LogP contribution >= 0.6 is 11.6 Å². The minimum atomic E-state index is -0.430. The fourth-order valence-corrected chi connectivity index (χ4v) is 0.877. The highest BCUT2D eigenvalue weighted by Gasteiger charge is 2.01. The van der Waals surface area contributed by atoms with Crippen LogP contribution in [0.1, 0.15) is 5.56 Å². The van der Waals surface area contributed by atoms with Crippen LogP contribution in [0.2, 0.25) is 5.15 Å². The van der Waals surface area contributed by atoms with Crippen LogP contribution in [-0.2, 0) is 6.54 Å². The van der Waals surface area contributed by atoms with Gasteiger partial charge in [0.25, 0.3) is 0 Å². The summed E-state index contributed by atoms with van der Waals surface area (Å²) >= 11 is 5.72. The van der Waals surface area contributed by atoms with Crippen LogP contribution in [0, 0.1) is 6.92 Å². The SMILES string of the molecule is Cc1cnn(CCF)c1Cl. The third kappa shape index (κ3) is 1.29. The van der Waals surface area contributed by atoms with E-state index in [0.29, 0.717) is 5.15 Å². The zero-order valence-corrected chi connectivity index (χ0v) is 6.40. The summed E-state index contributed by atoms with van der Waals surface area (Å²) in [7, 11) is 0. The van der Waals surface area contributed by atoms with Gasteiger partial charge in [-0.25, -0.2) is 4.39 Å². The van der Waals surface area contributed by atoms with Gasteiger partial charge in [0.15, 0.2) is 0 Å². The lowest BCUT2D eigenvalue weighted by Gasteiger charge is -1.96. The highest BCUT2D eigenvalue weighted by molar-refractivity contribution is 6.30. The molecule has 0 N–H and O–H groups in total. The number of hydrogen-bond acceptors (Lipinski definition) is 1. The first-order valence-corrected chi connectivity index (χ1v) is 3.37. The predicted molar refractivity (Wildman–Crippen MR) is 37.9 cm³/mol. The van der Waals surface area contributed by atoms with Crippen LogP contribution in [-0.4, -0.2) is 16.5 Å². The first kappa shape index (κ1) is 7.54. The number of hydrogen-bond donors (Lipinski definition) is 0. The van der Waals surface area contributed by atoms with Gasteiger partial charge >= 0.3 is 0 Å². The molecule has 0 bridgehead atoms. The minimum Gasteiger partial charge on any atom is -0.251 e. The van der Waals surface area contributed by atoms with Gasteiger partial charge in [-0.1, -0.05) is 11.6 Å². The van der Waals surface area contributed by atoms with E-state index < -0.39 is 6.67 Å². The van der Waals surface area contributed by atoms with Crippen molar-refractivity contribution in [3.05, 3.63) is 16.9 Å². The summed E-state index contributed by atoms with van der Waals surface area (Å²) < 4.78 is 13.2. The molecule has 0 saturated heterocycles. The fraction of sp³-hybridized carbons (Fsp3) is 0.500. The highest BCUT2D eigenvalue weighted by atomic mass is 35.5. The Hall–Kier alpha value is -0.570. The van der Waals surface area contributed by atoms with Crippen molar-refractivity contribution in [3.63, 3.8) is 0 Å². The summed E-state index contributed by atoms with van der Waals surface area (Å²) in [6.07, 6.45) is 1.62. The van der Waals surface area contributed by atoms with E-state index in [9.17, 15) is 4.39 Å². The topological polar surface area (TPSA) is 17.8 Å². The van der Waals surface area contributed by atoms with Crippen molar-refractivity contribution in [1.82, 2.24) is 9.78 Å². The molecule has 1 rings (SSSR count). The molecule has 0 saturated carbocycles. The third-order valence-corrected chi connectivity index (χ3v) is 1.73. The number of rotatable bonds is 2. The lowest BCUT2D eigenvalue weighted by molar-refractivity contribution is 0.427. The molecule has 2 nitrogen and oxygen atoms in total. The van der Waals surface area contributed by atoms with Gasteiger partial charge in [0.1, 0.15) is 11.8 Å². The van der Waals surface area contributed by atoms with Crippen molar-refractivity contribution in [3.8, 4) is 0 Å². The third-order valence-electron chi connectivity index (χ3n) is 1.24. The van der Waals surface area contributed by atoms with Gasteiger partial charge in [-0.15, -0.1) is 0 Å². The summed E-state index contributed by atoms with van der Waals surface area (Å²) in [5.41, 5.74) is 0.884. The van der Waals surface area contributed by atoms with Crippen LogP contribution in [0.25, 0.3) is 0 Å². The maximum Gasteiger partial charge on any atom is 0.130 e. The van der Waals surface area contributed by atoms with Crippen LogP contribution in [0.5, 0.6) is 0 Å². The Labute approximate surface area is 63.6 Å². The van der Waals surface area contributed by atoms with Gasteiger partial charge in [-0.2, -0.15) is 5.10 Å². The second kappa shape index (κ2) is 3.01. The molecule has 4 heteroatoms. The average Bonchev–Trinajstić information content (AvgIpc) is 2.20. The van der Waals surface area contributed by atoms with Crippen molar-refractivity contribution in [2.24, 2.45) is 0 Å². The van der Waals surface area contributed by atoms with Gasteiger partial charge < -0.3 is 0 Å². The number of aryl methyl sites for hydroxylation is 2. The molecule has 1 aromatic rings. The van der Waals surface area contributed by atoms with E-state index in [4.69, 9.17) is 11.6 Å². The number of alkyl halides is 1. The zero-order chi connectivity index (χ0) is 7.56. The van der Waals surface area contributed by atoms with Crippen LogP contribution in [0.3, 0.4) is 0 Å². The van der Waals surface area contributed by atoms with Gasteiger partial charge in [0.05, 0.1) is 12.7 Å². The molecular weight excluding hydrogens is 155 g/mol. The Morgan fingerprint density at radius 2 is 2.50 bits per heavy atom. The van der Waals surface area contributed by atoms with E-state index in [2.05, 4.69) is 5.10 Å². The predicted octanol–water partition coefficient (Wildman–Crippen LogP) is 1.81. The number of aromatic nitrogens is 2. The Bertz CT molecular complexity index is 222. The second-order valence-corrected chi connectivity index (χ2v) is 2.39. The molecule has 0 unspecified atom stereocenters. The molecule has 0 amide bonds. The molecule has 0 aliphatic heterocycles. The molecule has 56 valence electrons.